The number of amides is 3. The van der Waals surface area contributed by atoms with Gasteiger partial charge in [-0.05, 0) is 35.4 Å². The summed E-state index contributed by atoms with van der Waals surface area (Å²) in [6, 6.07) is 23.2. The van der Waals surface area contributed by atoms with E-state index in [1.807, 2.05) is 54.6 Å². The fourth-order valence-electron chi connectivity index (χ4n) is 3.50. The summed E-state index contributed by atoms with van der Waals surface area (Å²) in [4.78, 5) is 27.7. The van der Waals surface area contributed by atoms with Crippen molar-refractivity contribution in [1.82, 2.24) is 10.2 Å². The fourth-order valence-corrected chi connectivity index (χ4v) is 3.50. The SMILES string of the molecule is O=C(CN1CCN(c2ccccc2F)C1=O)NCc1ccc(OCc2ccccc2)cc1. The minimum atomic E-state index is -0.455. The van der Waals surface area contributed by atoms with Crippen molar-refractivity contribution < 1.29 is 18.7 Å². The van der Waals surface area contributed by atoms with Crippen LogP contribution in [0.25, 0.3) is 0 Å². The molecule has 1 aliphatic rings. The number of carbonyl (C=O) groups is 2. The molecular formula is C25H24FN3O3. The lowest BCUT2D eigenvalue weighted by Gasteiger charge is -2.19. The predicted molar refractivity (Wildman–Crippen MR) is 120 cm³/mol. The number of nitrogens with zero attached hydrogens (tertiary/aromatic N) is 2. The van der Waals surface area contributed by atoms with E-state index in [0.717, 1.165) is 16.9 Å². The van der Waals surface area contributed by atoms with Gasteiger partial charge in [-0.3, -0.25) is 9.69 Å². The van der Waals surface area contributed by atoms with Crippen LogP contribution in [0.1, 0.15) is 11.1 Å². The van der Waals surface area contributed by atoms with Crippen molar-refractivity contribution in [3.05, 3.63) is 95.8 Å². The molecule has 4 rings (SSSR count). The number of para-hydroxylation sites is 1. The summed E-state index contributed by atoms with van der Waals surface area (Å²) in [5, 5.41) is 2.82. The Labute approximate surface area is 186 Å². The number of hydrogen-bond donors (Lipinski definition) is 1. The van der Waals surface area contributed by atoms with E-state index in [1.54, 1.807) is 18.2 Å². The van der Waals surface area contributed by atoms with Gasteiger partial charge in [-0.1, -0.05) is 54.6 Å². The second-order valence-electron chi connectivity index (χ2n) is 7.50. The molecule has 1 saturated heterocycles. The number of hydrogen-bond acceptors (Lipinski definition) is 3. The van der Waals surface area contributed by atoms with Crippen LogP contribution >= 0.6 is 0 Å². The molecular weight excluding hydrogens is 409 g/mol. The van der Waals surface area contributed by atoms with E-state index in [2.05, 4.69) is 5.32 Å². The average Bonchev–Trinajstić information content (AvgIpc) is 3.17. The van der Waals surface area contributed by atoms with Gasteiger partial charge in [0.25, 0.3) is 0 Å². The number of rotatable bonds is 8. The van der Waals surface area contributed by atoms with Crippen LogP contribution in [0, 0.1) is 5.82 Å². The quantitative estimate of drug-likeness (QED) is 0.585. The van der Waals surface area contributed by atoms with Crippen molar-refractivity contribution in [1.29, 1.82) is 0 Å². The molecule has 0 aromatic heterocycles. The van der Waals surface area contributed by atoms with Gasteiger partial charge < -0.3 is 15.0 Å². The second kappa shape index (κ2) is 9.96. The maximum absolute atomic E-state index is 14.0. The van der Waals surface area contributed by atoms with Gasteiger partial charge in [0.15, 0.2) is 0 Å². The number of halogens is 1. The lowest BCUT2D eigenvalue weighted by Crippen LogP contribution is -2.39. The Bertz CT molecular complexity index is 1070. The lowest BCUT2D eigenvalue weighted by atomic mass is 10.2. The van der Waals surface area contributed by atoms with Crippen LogP contribution in [-0.4, -0.2) is 36.5 Å². The summed E-state index contributed by atoms with van der Waals surface area (Å²) >= 11 is 0. The lowest BCUT2D eigenvalue weighted by molar-refractivity contribution is -0.121. The minimum absolute atomic E-state index is 0.0674. The van der Waals surface area contributed by atoms with Crippen molar-refractivity contribution in [3.8, 4) is 5.75 Å². The Hall–Kier alpha value is -3.87. The van der Waals surface area contributed by atoms with Gasteiger partial charge in [0.1, 0.15) is 24.7 Å². The van der Waals surface area contributed by atoms with Crippen LogP contribution in [0.4, 0.5) is 14.9 Å². The third-order valence-electron chi connectivity index (χ3n) is 5.23. The van der Waals surface area contributed by atoms with Crippen LogP contribution in [0.3, 0.4) is 0 Å². The number of benzene rings is 3. The number of anilines is 1. The predicted octanol–water partition coefficient (Wildman–Crippen LogP) is 3.96. The molecule has 3 amide bonds. The summed E-state index contributed by atoms with van der Waals surface area (Å²) in [7, 11) is 0. The first kappa shape index (κ1) is 21.4. The van der Waals surface area contributed by atoms with Gasteiger partial charge >= 0.3 is 6.03 Å². The highest BCUT2D eigenvalue weighted by molar-refractivity contribution is 5.96. The standard InChI is InChI=1S/C25H24FN3O3/c26-22-8-4-5-9-23(22)29-15-14-28(25(29)31)17-24(30)27-16-19-10-12-21(13-11-19)32-18-20-6-2-1-3-7-20/h1-13H,14-18H2,(H,27,30). The van der Waals surface area contributed by atoms with Gasteiger partial charge in [0.2, 0.25) is 5.91 Å². The minimum Gasteiger partial charge on any atom is -0.489 e. The first-order valence-electron chi connectivity index (χ1n) is 10.4. The monoisotopic (exact) mass is 433 g/mol. The Morgan fingerprint density at radius 3 is 2.38 bits per heavy atom. The third-order valence-corrected chi connectivity index (χ3v) is 5.23. The zero-order chi connectivity index (χ0) is 22.3. The molecule has 0 bridgehead atoms. The maximum Gasteiger partial charge on any atom is 0.325 e. The van der Waals surface area contributed by atoms with E-state index >= 15 is 0 Å². The van der Waals surface area contributed by atoms with Gasteiger partial charge in [-0.25, -0.2) is 9.18 Å². The van der Waals surface area contributed by atoms with E-state index < -0.39 is 5.82 Å². The summed E-state index contributed by atoms with van der Waals surface area (Å²) < 4.78 is 19.7. The number of ether oxygens (including phenoxy) is 1. The van der Waals surface area contributed by atoms with Crippen molar-refractivity contribution >= 4 is 17.6 Å². The van der Waals surface area contributed by atoms with Crippen LogP contribution in [0.2, 0.25) is 0 Å². The number of carbonyl (C=O) groups excluding carboxylic acids is 2. The van der Waals surface area contributed by atoms with Crippen molar-refractivity contribution in [2.24, 2.45) is 0 Å². The van der Waals surface area contributed by atoms with Crippen molar-refractivity contribution in [2.75, 3.05) is 24.5 Å². The zero-order valence-corrected chi connectivity index (χ0v) is 17.5. The molecule has 1 N–H and O–H groups in total. The molecule has 1 aliphatic heterocycles. The molecule has 3 aromatic rings. The fraction of sp³-hybridized carbons (Fsp3) is 0.200. The van der Waals surface area contributed by atoms with Gasteiger partial charge in [0.05, 0.1) is 5.69 Å². The van der Waals surface area contributed by atoms with Gasteiger partial charge in [0, 0.05) is 19.6 Å². The Morgan fingerprint density at radius 1 is 0.906 bits per heavy atom. The van der Waals surface area contributed by atoms with Crippen LogP contribution in [0.5, 0.6) is 5.75 Å². The highest BCUT2D eigenvalue weighted by Gasteiger charge is 2.32. The molecule has 164 valence electrons. The van der Waals surface area contributed by atoms with Crippen molar-refractivity contribution in [3.63, 3.8) is 0 Å². The molecule has 7 heteroatoms. The topological polar surface area (TPSA) is 61.9 Å². The molecule has 0 aliphatic carbocycles. The first-order valence-corrected chi connectivity index (χ1v) is 10.4. The van der Waals surface area contributed by atoms with Crippen LogP contribution in [-0.2, 0) is 17.9 Å². The largest absolute Gasteiger partial charge is 0.489 e. The highest BCUT2D eigenvalue weighted by Crippen LogP contribution is 2.23. The molecule has 3 aromatic carbocycles. The average molecular weight is 433 g/mol. The zero-order valence-electron chi connectivity index (χ0n) is 17.5. The summed E-state index contributed by atoms with van der Waals surface area (Å²) in [5.74, 6) is 0.0290. The van der Waals surface area contributed by atoms with Gasteiger partial charge in [-0.15, -0.1) is 0 Å². The Morgan fingerprint density at radius 2 is 1.62 bits per heavy atom. The second-order valence-corrected chi connectivity index (χ2v) is 7.50. The third kappa shape index (κ3) is 5.24. The van der Waals surface area contributed by atoms with Crippen LogP contribution in [0.15, 0.2) is 78.9 Å². The number of urea groups is 1. The van der Waals surface area contributed by atoms with Crippen molar-refractivity contribution in [2.45, 2.75) is 13.2 Å². The summed E-state index contributed by atoms with van der Waals surface area (Å²) in [6.07, 6.45) is 0. The molecule has 0 atom stereocenters. The van der Waals surface area contributed by atoms with Crippen LogP contribution < -0.4 is 15.0 Å². The maximum atomic E-state index is 14.0. The normalized spacial score (nSPS) is 13.3. The Balaban J connectivity index is 1.23. The van der Waals surface area contributed by atoms with E-state index in [4.69, 9.17) is 4.74 Å². The molecule has 1 heterocycles. The molecule has 0 spiro atoms. The smallest absolute Gasteiger partial charge is 0.325 e. The summed E-state index contributed by atoms with van der Waals surface area (Å²) in [6.45, 7) is 1.48. The number of nitrogens with one attached hydrogen (secondary N) is 1. The molecule has 6 nitrogen and oxygen atoms in total. The Kier molecular flexibility index (Phi) is 6.65. The van der Waals surface area contributed by atoms with E-state index in [-0.39, 0.29) is 24.2 Å². The van der Waals surface area contributed by atoms with E-state index in [1.165, 1.54) is 15.9 Å². The van der Waals surface area contributed by atoms with Gasteiger partial charge in [-0.2, -0.15) is 0 Å². The molecule has 0 saturated carbocycles. The highest BCUT2D eigenvalue weighted by atomic mass is 19.1. The first-order chi connectivity index (χ1) is 15.6. The summed E-state index contributed by atoms with van der Waals surface area (Å²) in [5.41, 5.74) is 2.25. The molecule has 32 heavy (non-hydrogen) atoms. The molecule has 0 unspecified atom stereocenters. The molecule has 1 fully saturated rings. The van der Waals surface area contributed by atoms with E-state index in [0.29, 0.717) is 26.2 Å². The van der Waals surface area contributed by atoms with E-state index in [9.17, 15) is 14.0 Å². The molecule has 0 radical (unpaired) electrons.